The van der Waals surface area contributed by atoms with Gasteiger partial charge in [0.05, 0.1) is 0 Å². The summed E-state index contributed by atoms with van der Waals surface area (Å²) < 4.78 is 0.562. The van der Waals surface area contributed by atoms with Crippen LogP contribution in [-0.2, 0) is 29.7 Å². The molecule has 0 aliphatic carbocycles. The maximum absolute atomic E-state index is 4.72. The minimum absolute atomic E-state index is 0. The van der Waals surface area contributed by atoms with Gasteiger partial charge in [-0.1, -0.05) is 11.2 Å². The first-order valence-electron chi connectivity index (χ1n) is 2.60. The van der Waals surface area contributed by atoms with Crippen molar-refractivity contribution in [3.63, 3.8) is 0 Å². The second-order valence-electron chi connectivity index (χ2n) is 1.69. The third kappa shape index (κ3) is 6.52. The number of thiocarbonyl (C=S) groups is 1. The summed E-state index contributed by atoms with van der Waals surface area (Å²) in [6.45, 7) is 3.08. The van der Waals surface area contributed by atoms with E-state index in [1.54, 1.807) is 0 Å². The molecular weight excluding hydrogens is 202 g/mol. The normalized spacial score (nSPS) is 7.78. The maximum atomic E-state index is 4.72. The molecule has 9 heavy (non-hydrogen) atoms. The van der Waals surface area contributed by atoms with Gasteiger partial charge in [0.2, 0.25) is 0 Å². The first-order valence-corrected chi connectivity index (χ1v) is 3.42. The van der Waals surface area contributed by atoms with Gasteiger partial charge in [-0.25, -0.2) is 0 Å². The number of hydrogen-bond acceptors (Lipinski definition) is 2. The Morgan fingerprint density at radius 3 is 2.22 bits per heavy atom. The van der Waals surface area contributed by atoms with E-state index in [-0.39, 0.29) is 17.1 Å². The van der Waals surface area contributed by atoms with Crippen molar-refractivity contribution in [1.82, 2.24) is 4.90 Å². The summed E-state index contributed by atoms with van der Waals surface area (Å²) in [6, 6.07) is 0. The molecule has 0 saturated heterocycles. The molecule has 0 fully saturated rings. The quantitative estimate of drug-likeness (QED) is 0.384. The Bertz CT molecular complexity index is 87.0. The van der Waals surface area contributed by atoms with Crippen molar-refractivity contribution in [1.29, 1.82) is 0 Å². The molecule has 0 N–H and O–H groups in total. The van der Waals surface area contributed by atoms with Crippen molar-refractivity contribution in [2.45, 2.75) is 13.3 Å². The Balaban J connectivity index is 0. The molecular formula is C5H10CuNS2. The second kappa shape index (κ2) is 6.75. The van der Waals surface area contributed by atoms with Crippen LogP contribution in [0.1, 0.15) is 13.3 Å². The minimum atomic E-state index is 0. The maximum Gasteiger partial charge on any atom is 1.00 e. The van der Waals surface area contributed by atoms with Crippen LogP contribution in [-0.4, -0.2) is 22.8 Å². The number of nitrogens with zero attached hydrogens (tertiary/aromatic N) is 1. The molecule has 0 heterocycles. The standard InChI is InChI=1S/C5H11NS2.Cu/c1-3-4-6(2)5(7)8;/h3-4H2,1-2H3,(H,7,8);/q;+1/p-1. The summed E-state index contributed by atoms with van der Waals surface area (Å²) in [4.78, 5) is 1.89. The molecule has 0 aromatic carbocycles. The fourth-order valence-electron chi connectivity index (χ4n) is 0.427. The van der Waals surface area contributed by atoms with Gasteiger partial charge in [0.1, 0.15) is 0 Å². The first kappa shape index (κ1) is 12.3. The topological polar surface area (TPSA) is 3.24 Å². The molecule has 0 aromatic rings. The van der Waals surface area contributed by atoms with Crippen molar-refractivity contribution < 1.29 is 17.1 Å². The van der Waals surface area contributed by atoms with Gasteiger partial charge in [-0.15, -0.1) is 0 Å². The second-order valence-corrected chi connectivity index (χ2v) is 2.72. The van der Waals surface area contributed by atoms with Gasteiger partial charge in [0.25, 0.3) is 0 Å². The van der Waals surface area contributed by atoms with E-state index >= 15 is 0 Å². The third-order valence-electron chi connectivity index (χ3n) is 0.871. The molecule has 0 unspecified atom stereocenters. The predicted octanol–water partition coefficient (Wildman–Crippen LogP) is 1.16. The smallest absolute Gasteiger partial charge is 0.411 e. The zero-order valence-corrected chi connectivity index (χ0v) is 8.05. The van der Waals surface area contributed by atoms with Gasteiger partial charge < -0.3 is 29.7 Å². The van der Waals surface area contributed by atoms with Gasteiger partial charge in [-0.05, 0) is 6.42 Å². The van der Waals surface area contributed by atoms with E-state index < -0.39 is 0 Å². The van der Waals surface area contributed by atoms with Crippen LogP contribution >= 0.6 is 12.2 Å². The molecule has 0 atom stereocenters. The van der Waals surface area contributed by atoms with E-state index in [2.05, 4.69) is 6.92 Å². The Labute approximate surface area is 78.1 Å². The molecule has 0 amide bonds. The Morgan fingerprint density at radius 2 is 2.11 bits per heavy atom. The molecule has 58 valence electrons. The van der Waals surface area contributed by atoms with Gasteiger partial charge in [-0.2, -0.15) is 0 Å². The number of hydrogen-bond donors (Lipinski definition) is 0. The molecule has 0 saturated carbocycles. The molecule has 0 bridgehead atoms. The average molecular weight is 212 g/mol. The van der Waals surface area contributed by atoms with E-state index in [0.29, 0.717) is 4.32 Å². The van der Waals surface area contributed by atoms with Crippen LogP contribution in [0.2, 0.25) is 0 Å². The van der Waals surface area contributed by atoms with Crippen LogP contribution in [0.15, 0.2) is 0 Å². The van der Waals surface area contributed by atoms with Crippen molar-refractivity contribution in [3.05, 3.63) is 0 Å². The van der Waals surface area contributed by atoms with Crippen LogP contribution < -0.4 is 0 Å². The van der Waals surface area contributed by atoms with Gasteiger partial charge >= 0.3 is 17.1 Å². The van der Waals surface area contributed by atoms with E-state index in [9.17, 15) is 0 Å². The van der Waals surface area contributed by atoms with Crippen molar-refractivity contribution in [3.8, 4) is 0 Å². The molecule has 0 aliphatic rings. The number of rotatable bonds is 2. The van der Waals surface area contributed by atoms with Crippen LogP contribution in [0.5, 0.6) is 0 Å². The van der Waals surface area contributed by atoms with E-state index in [4.69, 9.17) is 24.8 Å². The summed E-state index contributed by atoms with van der Waals surface area (Å²) in [5, 5.41) is 0. The largest absolute Gasteiger partial charge is 1.00 e. The van der Waals surface area contributed by atoms with E-state index in [1.165, 1.54) is 0 Å². The molecule has 0 aromatic heterocycles. The van der Waals surface area contributed by atoms with Crippen LogP contribution in [0.3, 0.4) is 0 Å². The Kier molecular flexibility index (Phi) is 9.23. The average Bonchev–Trinajstić information content (AvgIpc) is 1.67. The molecule has 0 rings (SSSR count). The first-order chi connectivity index (χ1) is 3.68. The molecule has 1 nitrogen and oxygen atoms in total. The molecule has 0 radical (unpaired) electrons. The molecule has 0 spiro atoms. The van der Waals surface area contributed by atoms with Crippen molar-refractivity contribution >= 4 is 29.2 Å². The summed E-state index contributed by atoms with van der Waals surface area (Å²) in [5.41, 5.74) is 0. The van der Waals surface area contributed by atoms with Crippen LogP contribution in [0.4, 0.5) is 0 Å². The predicted molar refractivity (Wildman–Crippen MR) is 42.9 cm³/mol. The van der Waals surface area contributed by atoms with E-state index in [0.717, 1.165) is 13.0 Å². The zero-order valence-electron chi connectivity index (χ0n) is 5.48. The Morgan fingerprint density at radius 1 is 1.67 bits per heavy atom. The molecule has 4 heteroatoms. The summed E-state index contributed by atoms with van der Waals surface area (Å²) in [6.07, 6.45) is 1.10. The minimum Gasteiger partial charge on any atom is -0.411 e. The van der Waals surface area contributed by atoms with Gasteiger partial charge in [0.15, 0.2) is 0 Å². The fourth-order valence-corrected chi connectivity index (χ4v) is 0.609. The molecule has 0 aliphatic heterocycles. The van der Waals surface area contributed by atoms with Crippen molar-refractivity contribution in [2.75, 3.05) is 13.6 Å². The van der Waals surface area contributed by atoms with Crippen LogP contribution in [0.25, 0.3) is 0 Å². The Hall–Kier alpha value is 0.629. The van der Waals surface area contributed by atoms with Crippen molar-refractivity contribution in [2.24, 2.45) is 0 Å². The SMILES string of the molecule is CCCN(C)C(=S)[S-].[Cu+]. The van der Waals surface area contributed by atoms with Gasteiger partial charge in [-0.3, -0.25) is 0 Å². The summed E-state index contributed by atoms with van der Waals surface area (Å²) >= 11 is 9.45. The fraction of sp³-hybridized carbons (Fsp3) is 0.800. The van der Waals surface area contributed by atoms with Crippen LogP contribution in [0, 0.1) is 0 Å². The third-order valence-corrected chi connectivity index (χ3v) is 1.49. The zero-order chi connectivity index (χ0) is 6.57. The monoisotopic (exact) mass is 211 g/mol. The van der Waals surface area contributed by atoms with Gasteiger partial charge in [0, 0.05) is 13.6 Å². The summed E-state index contributed by atoms with van der Waals surface area (Å²) in [5.74, 6) is 0. The summed E-state index contributed by atoms with van der Waals surface area (Å²) in [7, 11) is 1.92. The van der Waals surface area contributed by atoms with E-state index in [1.807, 2.05) is 11.9 Å².